The highest BCUT2D eigenvalue weighted by Crippen LogP contribution is 2.55. The molecule has 0 radical (unpaired) electrons. The molecule has 0 aromatic heterocycles. The van der Waals surface area contributed by atoms with E-state index < -0.39 is 0 Å². The quantitative estimate of drug-likeness (QED) is 0.820. The molecule has 0 unspecified atom stereocenters. The Morgan fingerprint density at radius 3 is 1.95 bits per heavy atom. The predicted octanol–water partition coefficient (Wildman–Crippen LogP) is 1.92. The van der Waals surface area contributed by atoms with Gasteiger partial charge in [-0.3, -0.25) is 4.79 Å². The van der Waals surface area contributed by atoms with Gasteiger partial charge in [0, 0.05) is 5.54 Å². The van der Waals surface area contributed by atoms with Crippen LogP contribution in [-0.2, 0) is 4.79 Å². The van der Waals surface area contributed by atoms with E-state index in [2.05, 4.69) is 12.2 Å². The summed E-state index contributed by atoms with van der Waals surface area (Å²) in [7, 11) is 0. The summed E-state index contributed by atoms with van der Waals surface area (Å²) in [5, 5.41) is 3.58. The molecule has 4 aliphatic carbocycles. The summed E-state index contributed by atoms with van der Waals surface area (Å²) < 4.78 is 0. The molecule has 1 amide bonds. The summed E-state index contributed by atoms with van der Waals surface area (Å²) in [4.78, 5) is 14.4. The molecule has 0 spiro atoms. The second-order valence-corrected chi connectivity index (χ2v) is 8.98. The fraction of sp³-hybridized carbons (Fsp3) is 0.947. The number of carbonyl (C=O) groups is 1. The van der Waals surface area contributed by atoms with Crippen LogP contribution in [0.5, 0.6) is 0 Å². The predicted molar refractivity (Wildman–Crippen MR) is 87.7 cm³/mol. The summed E-state index contributed by atoms with van der Waals surface area (Å²) in [6.07, 6.45) is 13.5. The molecule has 5 aliphatic rings. The van der Waals surface area contributed by atoms with Crippen LogP contribution < -0.4 is 10.2 Å². The smallest absolute Gasteiger partial charge is 0.278 e. The van der Waals surface area contributed by atoms with Gasteiger partial charge in [-0.1, -0.05) is 0 Å². The third-order valence-corrected chi connectivity index (χ3v) is 7.18. The van der Waals surface area contributed by atoms with E-state index in [4.69, 9.17) is 0 Å². The van der Waals surface area contributed by atoms with Gasteiger partial charge in [-0.15, -0.1) is 0 Å². The van der Waals surface area contributed by atoms with Gasteiger partial charge in [0.25, 0.3) is 5.91 Å². The first kappa shape index (κ1) is 15.0. The summed E-state index contributed by atoms with van der Waals surface area (Å²) in [5.74, 6) is 3.08. The molecule has 2 N–H and O–H groups in total. The van der Waals surface area contributed by atoms with Gasteiger partial charge in [-0.2, -0.15) is 0 Å². The minimum absolute atomic E-state index is 0.145. The van der Waals surface area contributed by atoms with E-state index >= 15 is 0 Å². The highest BCUT2D eigenvalue weighted by atomic mass is 16.2. The van der Waals surface area contributed by atoms with Crippen LogP contribution in [0, 0.1) is 17.8 Å². The molecule has 1 atom stereocenters. The maximum absolute atomic E-state index is 12.9. The number of likely N-dealkylation sites (tertiary alicyclic amines) is 1. The number of amides is 1. The van der Waals surface area contributed by atoms with Gasteiger partial charge in [0.05, 0.1) is 13.1 Å². The van der Waals surface area contributed by atoms with Crippen LogP contribution in [-0.4, -0.2) is 30.6 Å². The molecule has 5 rings (SSSR count). The molecule has 4 saturated carbocycles. The van der Waals surface area contributed by atoms with Gasteiger partial charge in [0.2, 0.25) is 0 Å². The van der Waals surface area contributed by atoms with Gasteiger partial charge in [-0.25, -0.2) is 0 Å². The zero-order valence-corrected chi connectivity index (χ0v) is 14.2. The largest absolute Gasteiger partial charge is 0.345 e. The van der Waals surface area contributed by atoms with Crippen molar-refractivity contribution in [2.75, 3.05) is 13.1 Å². The Morgan fingerprint density at radius 1 is 0.955 bits per heavy atom. The number of hydrogen-bond donors (Lipinski definition) is 2. The molecule has 4 bridgehead atoms. The first-order chi connectivity index (χ1) is 10.6. The van der Waals surface area contributed by atoms with Gasteiger partial charge < -0.3 is 10.2 Å². The van der Waals surface area contributed by atoms with E-state index in [1.54, 1.807) is 0 Å². The lowest BCUT2D eigenvalue weighted by molar-refractivity contribution is -0.913. The lowest BCUT2D eigenvalue weighted by Crippen LogP contribution is -3.16. The Labute approximate surface area is 135 Å². The Morgan fingerprint density at radius 2 is 1.45 bits per heavy atom. The molecule has 3 heteroatoms. The minimum atomic E-state index is 0.145. The van der Waals surface area contributed by atoms with E-state index in [1.807, 2.05) is 0 Å². The average molecular weight is 305 g/mol. The molecule has 124 valence electrons. The lowest BCUT2D eigenvalue weighted by atomic mass is 9.53. The number of hydrogen-bond acceptors (Lipinski definition) is 1. The van der Waals surface area contributed by atoms with Crippen LogP contribution in [0.15, 0.2) is 0 Å². The van der Waals surface area contributed by atoms with Crippen molar-refractivity contribution < 1.29 is 9.69 Å². The third kappa shape index (κ3) is 2.81. The molecular formula is C19H33N2O+. The van der Waals surface area contributed by atoms with Crippen molar-refractivity contribution in [3.8, 4) is 0 Å². The maximum atomic E-state index is 12.9. The Kier molecular flexibility index (Phi) is 3.96. The Hall–Kier alpha value is -0.570. The molecular weight excluding hydrogens is 272 g/mol. The van der Waals surface area contributed by atoms with E-state index in [1.165, 1.54) is 82.2 Å². The topological polar surface area (TPSA) is 33.5 Å². The number of carbonyl (C=O) groups excluding carboxylic acids is 1. The SMILES string of the molecule is C[C@@H](C(=O)NC12CC3CC(CC(C3)C1)C2)[NH+]1CCCCCC1. The number of nitrogens with one attached hydrogen (secondary N) is 2. The normalized spacial score (nSPS) is 42.9. The number of rotatable bonds is 3. The standard InChI is InChI=1S/C19H32N2O/c1-14(21-6-4-2-3-5-7-21)18(22)20-19-11-15-8-16(12-19)10-17(9-15)13-19/h14-17H,2-13H2,1H3,(H,20,22)/p+1/t14-,15?,16?,17?,19?/m0/s1. The van der Waals surface area contributed by atoms with Crippen LogP contribution in [0.1, 0.15) is 71.1 Å². The van der Waals surface area contributed by atoms with Crippen molar-refractivity contribution in [3.63, 3.8) is 0 Å². The minimum Gasteiger partial charge on any atom is -0.345 e. The Balaban J connectivity index is 1.41. The first-order valence-corrected chi connectivity index (χ1v) is 9.80. The second-order valence-electron chi connectivity index (χ2n) is 8.98. The van der Waals surface area contributed by atoms with Crippen LogP contribution in [0.3, 0.4) is 0 Å². The van der Waals surface area contributed by atoms with Gasteiger partial charge in [-0.05, 0) is 88.9 Å². The summed E-state index contributed by atoms with van der Waals surface area (Å²) in [6, 6.07) is 0.145. The number of quaternary nitrogens is 1. The first-order valence-electron chi connectivity index (χ1n) is 9.80. The zero-order chi connectivity index (χ0) is 15.2. The fourth-order valence-corrected chi connectivity index (χ4v) is 6.43. The van der Waals surface area contributed by atoms with Crippen molar-refractivity contribution in [2.45, 2.75) is 82.7 Å². The van der Waals surface area contributed by atoms with E-state index in [9.17, 15) is 4.79 Å². The van der Waals surface area contributed by atoms with Crippen molar-refractivity contribution in [3.05, 3.63) is 0 Å². The van der Waals surface area contributed by atoms with Gasteiger partial charge >= 0.3 is 0 Å². The van der Waals surface area contributed by atoms with Crippen molar-refractivity contribution >= 4 is 5.91 Å². The van der Waals surface area contributed by atoms with Crippen molar-refractivity contribution in [1.29, 1.82) is 0 Å². The van der Waals surface area contributed by atoms with Crippen LogP contribution in [0.25, 0.3) is 0 Å². The fourth-order valence-electron chi connectivity index (χ4n) is 6.43. The molecule has 0 aromatic carbocycles. The van der Waals surface area contributed by atoms with E-state index in [0.717, 1.165) is 17.8 Å². The molecule has 22 heavy (non-hydrogen) atoms. The van der Waals surface area contributed by atoms with Crippen molar-refractivity contribution in [1.82, 2.24) is 5.32 Å². The van der Waals surface area contributed by atoms with Crippen molar-refractivity contribution in [2.24, 2.45) is 17.8 Å². The van der Waals surface area contributed by atoms with E-state index in [0.29, 0.717) is 5.91 Å². The van der Waals surface area contributed by atoms with Gasteiger partial charge in [0.15, 0.2) is 6.04 Å². The summed E-state index contributed by atoms with van der Waals surface area (Å²) in [5.41, 5.74) is 0.186. The summed E-state index contributed by atoms with van der Waals surface area (Å²) in [6.45, 7) is 4.54. The van der Waals surface area contributed by atoms with Gasteiger partial charge in [0.1, 0.15) is 0 Å². The third-order valence-electron chi connectivity index (χ3n) is 7.18. The molecule has 1 aliphatic heterocycles. The van der Waals surface area contributed by atoms with Crippen LogP contribution in [0.4, 0.5) is 0 Å². The molecule has 0 aromatic rings. The highest BCUT2D eigenvalue weighted by molar-refractivity contribution is 5.80. The average Bonchev–Trinajstić information content (AvgIpc) is 2.73. The molecule has 1 heterocycles. The zero-order valence-electron chi connectivity index (χ0n) is 14.2. The maximum Gasteiger partial charge on any atom is 0.278 e. The highest BCUT2D eigenvalue weighted by Gasteiger charge is 2.52. The molecule has 5 fully saturated rings. The monoisotopic (exact) mass is 305 g/mol. The molecule has 3 nitrogen and oxygen atoms in total. The van der Waals surface area contributed by atoms with Crippen LogP contribution in [0.2, 0.25) is 0 Å². The lowest BCUT2D eigenvalue weighted by Gasteiger charge is -2.57. The summed E-state index contributed by atoms with van der Waals surface area (Å²) >= 11 is 0. The second kappa shape index (κ2) is 5.81. The Bertz CT molecular complexity index is 390. The molecule has 1 saturated heterocycles. The van der Waals surface area contributed by atoms with Crippen LogP contribution >= 0.6 is 0 Å². The van der Waals surface area contributed by atoms with E-state index in [-0.39, 0.29) is 11.6 Å².